The molecular weight excluding hydrogens is 464 g/mol. The second-order valence-electron chi connectivity index (χ2n) is 7.73. The zero-order chi connectivity index (χ0) is 23.9. The molecule has 0 bridgehead atoms. The predicted molar refractivity (Wildman–Crippen MR) is 102 cm³/mol. The minimum atomic E-state index is -4.96. The van der Waals surface area contributed by atoms with Crippen molar-refractivity contribution in [2.75, 3.05) is 11.6 Å². The number of aromatic nitrogens is 2. The van der Waals surface area contributed by atoms with Crippen molar-refractivity contribution >= 4 is 21.4 Å². The number of carbonyl (C=O) groups excluding carboxylic acids is 1. The van der Waals surface area contributed by atoms with Crippen molar-refractivity contribution in [1.29, 1.82) is 0 Å². The number of benzene rings is 1. The van der Waals surface area contributed by atoms with E-state index in [1.807, 2.05) is 5.32 Å². The van der Waals surface area contributed by atoms with Crippen LogP contribution in [0.1, 0.15) is 41.7 Å². The molecule has 1 N–H and O–H groups in total. The molecule has 6 nitrogen and oxygen atoms in total. The molecule has 0 unspecified atom stereocenters. The summed E-state index contributed by atoms with van der Waals surface area (Å²) in [4.78, 5) is 12.0. The van der Waals surface area contributed by atoms with Crippen LogP contribution in [0.5, 0.6) is 0 Å². The van der Waals surface area contributed by atoms with Gasteiger partial charge in [-0.05, 0) is 30.9 Å². The van der Waals surface area contributed by atoms with Crippen LogP contribution in [0.2, 0.25) is 0 Å². The van der Waals surface area contributed by atoms with Crippen LogP contribution in [0.25, 0.3) is 0 Å². The first kappa shape index (κ1) is 24.1. The van der Waals surface area contributed by atoms with Gasteiger partial charge in [-0.1, -0.05) is 6.07 Å². The Balaban J connectivity index is 1.92. The van der Waals surface area contributed by atoms with Gasteiger partial charge in [0.05, 0.1) is 11.9 Å². The van der Waals surface area contributed by atoms with Gasteiger partial charge in [-0.3, -0.25) is 9.48 Å². The molecule has 32 heavy (non-hydrogen) atoms. The summed E-state index contributed by atoms with van der Waals surface area (Å²) in [7, 11) is -4.00. The third kappa shape index (κ3) is 5.25. The second-order valence-corrected chi connectivity index (χ2v) is 9.71. The van der Waals surface area contributed by atoms with Crippen molar-refractivity contribution in [3.05, 3.63) is 41.5 Å². The van der Waals surface area contributed by atoms with Gasteiger partial charge in [0.1, 0.15) is 16.2 Å². The summed E-state index contributed by atoms with van der Waals surface area (Å²) in [6, 6.07) is 3.07. The standard InChI is InChI=1S/C19H19F6N3O3S/c1-32(30,31)14-4-2-3-13(15(14)20)27-17(29)16-12(19(23,24)25)9-26-28(16)10-11-5-7-18(21,22)8-6-11/h2-4,9,11H,5-8,10H2,1H3,(H,27,29). The first-order chi connectivity index (χ1) is 14.7. The minimum Gasteiger partial charge on any atom is -0.318 e. The Morgan fingerprint density at radius 3 is 2.44 bits per heavy atom. The van der Waals surface area contributed by atoms with E-state index in [0.29, 0.717) is 6.20 Å². The summed E-state index contributed by atoms with van der Waals surface area (Å²) in [6.07, 6.45) is -4.54. The molecule has 1 aliphatic carbocycles. The first-order valence-corrected chi connectivity index (χ1v) is 11.4. The maximum absolute atomic E-state index is 14.5. The van der Waals surface area contributed by atoms with Crippen molar-refractivity contribution < 1.29 is 39.6 Å². The minimum absolute atomic E-state index is 0.0420. The molecule has 1 saturated carbocycles. The Morgan fingerprint density at radius 2 is 1.88 bits per heavy atom. The zero-order valence-corrected chi connectivity index (χ0v) is 17.5. The van der Waals surface area contributed by atoms with E-state index in [9.17, 15) is 39.6 Å². The molecule has 1 amide bonds. The fourth-order valence-corrected chi connectivity index (χ4v) is 4.33. The number of nitrogens with one attached hydrogen (secondary N) is 1. The maximum atomic E-state index is 14.5. The highest BCUT2D eigenvalue weighted by atomic mass is 32.2. The van der Waals surface area contributed by atoms with E-state index >= 15 is 0 Å². The van der Waals surface area contributed by atoms with E-state index in [0.717, 1.165) is 29.1 Å². The average Bonchev–Trinajstić information content (AvgIpc) is 3.08. The number of nitrogens with zero attached hydrogens (tertiary/aromatic N) is 2. The molecule has 1 aromatic heterocycles. The fraction of sp³-hybridized carbons (Fsp3) is 0.474. The fourth-order valence-electron chi connectivity index (χ4n) is 3.57. The number of halogens is 6. The Labute approximate surface area is 179 Å². The summed E-state index contributed by atoms with van der Waals surface area (Å²) < 4.78 is 106. The summed E-state index contributed by atoms with van der Waals surface area (Å²) in [6.45, 7) is -0.208. The summed E-state index contributed by atoms with van der Waals surface area (Å²) in [5, 5.41) is 5.58. The van der Waals surface area contributed by atoms with E-state index in [2.05, 4.69) is 5.10 Å². The van der Waals surface area contributed by atoms with Crippen molar-refractivity contribution in [2.24, 2.45) is 5.92 Å². The molecule has 1 aromatic carbocycles. The second kappa shape index (κ2) is 8.41. The van der Waals surface area contributed by atoms with Crippen LogP contribution in [-0.4, -0.2) is 36.3 Å². The Kier molecular flexibility index (Phi) is 6.33. The van der Waals surface area contributed by atoms with Gasteiger partial charge in [0, 0.05) is 25.6 Å². The van der Waals surface area contributed by atoms with Gasteiger partial charge in [-0.25, -0.2) is 21.6 Å². The number of anilines is 1. The summed E-state index contributed by atoms with van der Waals surface area (Å²) in [5.74, 6) is -5.94. The number of sulfone groups is 1. The highest BCUT2D eigenvalue weighted by molar-refractivity contribution is 7.90. The Hall–Kier alpha value is -2.57. The lowest BCUT2D eigenvalue weighted by atomic mass is 9.87. The summed E-state index contributed by atoms with van der Waals surface area (Å²) in [5.41, 5.74) is -2.93. The zero-order valence-electron chi connectivity index (χ0n) is 16.7. The lowest BCUT2D eigenvalue weighted by molar-refractivity contribution is -0.138. The van der Waals surface area contributed by atoms with Crippen molar-refractivity contribution in [3.8, 4) is 0 Å². The molecule has 0 saturated heterocycles. The normalized spacial score (nSPS) is 17.3. The predicted octanol–water partition coefficient (Wildman–Crippen LogP) is 4.52. The highest BCUT2D eigenvalue weighted by Crippen LogP contribution is 2.38. The molecule has 1 heterocycles. The molecule has 3 rings (SSSR count). The molecule has 13 heteroatoms. The van der Waals surface area contributed by atoms with Crippen molar-refractivity contribution in [2.45, 2.75) is 49.2 Å². The number of carbonyl (C=O) groups is 1. The van der Waals surface area contributed by atoms with Gasteiger partial charge in [0.2, 0.25) is 5.92 Å². The van der Waals surface area contributed by atoms with E-state index in [1.165, 1.54) is 0 Å². The van der Waals surface area contributed by atoms with Gasteiger partial charge in [-0.2, -0.15) is 18.3 Å². The molecule has 1 aliphatic rings. The molecule has 0 radical (unpaired) electrons. The van der Waals surface area contributed by atoms with Crippen LogP contribution >= 0.6 is 0 Å². The SMILES string of the molecule is CS(=O)(=O)c1cccc(NC(=O)c2c(C(F)(F)F)cnn2CC2CCC(F)(F)CC2)c1F. The molecular formula is C19H19F6N3O3S. The van der Waals surface area contributed by atoms with E-state index in [-0.39, 0.29) is 19.4 Å². The van der Waals surface area contributed by atoms with Gasteiger partial charge in [0.15, 0.2) is 15.7 Å². The van der Waals surface area contributed by atoms with Crippen LogP contribution in [0.4, 0.5) is 32.0 Å². The Morgan fingerprint density at radius 1 is 1.25 bits per heavy atom. The number of alkyl halides is 5. The third-order valence-electron chi connectivity index (χ3n) is 5.24. The van der Waals surface area contributed by atoms with Crippen molar-refractivity contribution in [3.63, 3.8) is 0 Å². The lowest BCUT2D eigenvalue weighted by Crippen LogP contribution is -2.29. The topological polar surface area (TPSA) is 81.1 Å². The quantitative estimate of drug-likeness (QED) is 0.634. The molecule has 0 aliphatic heterocycles. The number of hydrogen-bond donors (Lipinski definition) is 1. The van der Waals surface area contributed by atoms with Gasteiger partial charge < -0.3 is 5.32 Å². The molecule has 0 spiro atoms. The van der Waals surface area contributed by atoms with Crippen LogP contribution in [0, 0.1) is 11.7 Å². The maximum Gasteiger partial charge on any atom is 0.420 e. The van der Waals surface area contributed by atoms with Crippen LogP contribution in [0.15, 0.2) is 29.3 Å². The molecule has 176 valence electrons. The monoisotopic (exact) mass is 483 g/mol. The smallest absolute Gasteiger partial charge is 0.318 e. The number of hydrogen-bond acceptors (Lipinski definition) is 4. The van der Waals surface area contributed by atoms with E-state index in [1.54, 1.807) is 0 Å². The van der Waals surface area contributed by atoms with Gasteiger partial charge in [0.25, 0.3) is 5.91 Å². The van der Waals surface area contributed by atoms with Crippen molar-refractivity contribution in [1.82, 2.24) is 9.78 Å². The molecule has 0 atom stereocenters. The van der Waals surface area contributed by atoms with Crippen LogP contribution in [0.3, 0.4) is 0 Å². The number of amides is 1. The lowest BCUT2D eigenvalue weighted by Gasteiger charge is -2.28. The average molecular weight is 483 g/mol. The van der Waals surface area contributed by atoms with Crippen LogP contribution in [-0.2, 0) is 22.6 Å². The van der Waals surface area contributed by atoms with Crippen LogP contribution < -0.4 is 5.32 Å². The molecule has 2 aromatic rings. The first-order valence-electron chi connectivity index (χ1n) is 9.50. The Bertz CT molecular complexity index is 1120. The third-order valence-corrected chi connectivity index (χ3v) is 6.35. The highest BCUT2D eigenvalue weighted by Gasteiger charge is 2.40. The molecule has 1 fully saturated rings. The van der Waals surface area contributed by atoms with E-state index in [4.69, 9.17) is 0 Å². The van der Waals surface area contributed by atoms with E-state index < -0.39 is 74.3 Å². The number of rotatable bonds is 5. The largest absolute Gasteiger partial charge is 0.420 e. The summed E-state index contributed by atoms with van der Waals surface area (Å²) >= 11 is 0. The van der Waals surface area contributed by atoms with Gasteiger partial charge >= 0.3 is 6.18 Å². The van der Waals surface area contributed by atoms with Gasteiger partial charge in [-0.15, -0.1) is 0 Å².